The van der Waals surface area contributed by atoms with Gasteiger partial charge in [0.2, 0.25) is 0 Å². The molecular weight excluding hydrogens is 274 g/mol. The maximum absolute atomic E-state index is 12.5. The molecule has 0 radical (unpaired) electrons. The molecule has 112 valence electrons. The molecule has 1 fully saturated rings. The Labute approximate surface area is 124 Å². The molecule has 1 amide bonds. The largest absolute Gasteiger partial charge is 0.455 e. The Morgan fingerprint density at radius 2 is 2.35 bits per heavy atom. The van der Waals surface area contributed by atoms with Crippen LogP contribution in [0.1, 0.15) is 42.5 Å². The highest BCUT2D eigenvalue weighted by atomic mass is 32.2. The maximum Gasteiger partial charge on any atom is 0.289 e. The Hall–Kier alpha value is -0.940. The molecule has 1 saturated heterocycles. The lowest BCUT2D eigenvalue weighted by Crippen LogP contribution is -2.47. The molecule has 1 aliphatic rings. The fourth-order valence-corrected chi connectivity index (χ4v) is 3.22. The normalized spacial score (nSPS) is 23.1. The molecule has 5 heteroatoms. The quantitative estimate of drug-likeness (QED) is 0.908. The first-order chi connectivity index (χ1) is 9.64. The zero-order chi connectivity index (χ0) is 14.6. The zero-order valence-corrected chi connectivity index (χ0v) is 13.0. The van der Waals surface area contributed by atoms with Crippen molar-refractivity contribution in [2.45, 2.75) is 31.9 Å². The number of aliphatic hydroxyl groups excluding tert-OH is 1. The second-order valence-electron chi connectivity index (χ2n) is 5.54. The van der Waals surface area contributed by atoms with Crippen molar-refractivity contribution in [3.8, 4) is 0 Å². The molecule has 20 heavy (non-hydrogen) atoms. The summed E-state index contributed by atoms with van der Waals surface area (Å²) in [6, 6.07) is 3.63. The van der Waals surface area contributed by atoms with Gasteiger partial charge >= 0.3 is 0 Å². The Morgan fingerprint density at radius 3 is 3.00 bits per heavy atom. The molecule has 0 saturated carbocycles. The third-order valence-corrected chi connectivity index (χ3v) is 4.77. The fourth-order valence-electron chi connectivity index (χ4n) is 2.78. The van der Waals surface area contributed by atoms with Crippen molar-refractivity contribution in [3.63, 3.8) is 0 Å². The van der Waals surface area contributed by atoms with Gasteiger partial charge < -0.3 is 14.4 Å². The van der Waals surface area contributed by atoms with Gasteiger partial charge in [0.15, 0.2) is 5.76 Å². The maximum atomic E-state index is 12.5. The Bertz CT molecular complexity index is 454. The van der Waals surface area contributed by atoms with E-state index in [-0.39, 0.29) is 17.9 Å². The number of hydrogen-bond acceptors (Lipinski definition) is 4. The van der Waals surface area contributed by atoms with E-state index in [4.69, 9.17) is 4.42 Å². The van der Waals surface area contributed by atoms with Crippen molar-refractivity contribution in [2.75, 3.05) is 26.0 Å². The molecule has 1 aromatic rings. The van der Waals surface area contributed by atoms with Crippen LogP contribution < -0.4 is 0 Å². The minimum atomic E-state index is -0.136. The molecule has 0 aliphatic carbocycles. The van der Waals surface area contributed by atoms with Gasteiger partial charge in [0, 0.05) is 18.5 Å². The first-order valence-corrected chi connectivity index (χ1v) is 8.51. The van der Waals surface area contributed by atoms with Crippen LogP contribution in [-0.4, -0.2) is 41.9 Å². The number of thioether (sulfide) groups is 1. The third kappa shape index (κ3) is 3.20. The van der Waals surface area contributed by atoms with Gasteiger partial charge in [-0.15, -0.1) is 0 Å². The Kier molecular flexibility index (Phi) is 5.16. The van der Waals surface area contributed by atoms with E-state index in [0.29, 0.717) is 12.3 Å². The molecule has 4 nitrogen and oxygen atoms in total. The van der Waals surface area contributed by atoms with Crippen molar-refractivity contribution in [3.05, 3.63) is 23.7 Å². The molecule has 0 unspecified atom stereocenters. The first kappa shape index (κ1) is 15.4. The van der Waals surface area contributed by atoms with E-state index < -0.39 is 0 Å². The van der Waals surface area contributed by atoms with E-state index in [0.717, 1.165) is 37.3 Å². The summed E-state index contributed by atoms with van der Waals surface area (Å²) in [5, 5.41) is 9.62. The van der Waals surface area contributed by atoms with Gasteiger partial charge in [-0.05, 0) is 37.7 Å². The van der Waals surface area contributed by atoms with Crippen LogP contribution in [0.5, 0.6) is 0 Å². The number of rotatable bonds is 5. The number of aliphatic hydroxyl groups is 1. The van der Waals surface area contributed by atoms with Crippen LogP contribution in [-0.2, 0) is 5.75 Å². The number of carbonyl (C=O) groups is 1. The Morgan fingerprint density at radius 1 is 1.55 bits per heavy atom. The SMILES string of the molecule is CC[C@@]1(CO)CCCN(C(=O)c2ccc(CSC)o2)C1. The van der Waals surface area contributed by atoms with Gasteiger partial charge in [0.1, 0.15) is 5.76 Å². The summed E-state index contributed by atoms with van der Waals surface area (Å²) >= 11 is 1.67. The summed E-state index contributed by atoms with van der Waals surface area (Å²) in [4.78, 5) is 14.3. The van der Waals surface area contributed by atoms with Crippen molar-refractivity contribution < 1.29 is 14.3 Å². The zero-order valence-electron chi connectivity index (χ0n) is 12.2. The number of nitrogens with zero attached hydrogens (tertiary/aromatic N) is 1. The van der Waals surface area contributed by atoms with E-state index in [1.165, 1.54) is 0 Å². The summed E-state index contributed by atoms with van der Waals surface area (Å²) in [5.41, 5.74) is -0.136. The summed E-state index contributed by atoms with van der Waals surface area (Å²) in [7, 11) is 0. The molecule has 0 bridgehead atoms. The summed E-state index contributed by atoms with van der Waals surface area (Å²) in [6.45, 7) is 3.59. The van der Waals surface area contributed by atoms with E-state index in [1.807, 2.05) is 17.2 Å². The van der Waals surface area contributed by atoms with Crippen molar-refractivity contribution in [2.24, 2.45) is 5.41 Å². The average molecular weight is 297 g/mol. The van der Waals surface area contributed by atoms with E-state index >= 15 is 0 Å². The van der Waals surface area contributed by atoms with Gasteiger partial charge in [0.05, 0.1) is 12.4 Å². The predicted molar refractivity (Wildman–Crippen MR) is 80.9 cm³/mol. The third-order valence-electron chi connectivity index (χ3n) is 4.19. The Balaban J connectivity index is 2.07. The van der Waals surface area contributed by atoms with Crippen molar-refractivity contribution in [1.82, 2.24) is 4.90 Å². The molecule has 0 spiro atoms. The monoisotopic (exact) mass is 297 g/mol. The van der Waals surface area contributed by atoms with Crippen LogP contribution in [0.3, 0.4) is 0 Å². The van der Waals surface area contributed by atoms with Crippen molar-refractivity contribution in [1.29, 1.82) is 0 Å². The van der Waals surface area contributed by atoms with E-state index in [1.54, 1.807) is 17.8 Å². The number of furan rings is 1. The second-order valence-corrected chi connectivity index (χ2v) is 6.41. The molecule has 1 aromatic heterocycles. The highest BCUT2D eigenvalue weighted by Crippen LogP contribution is 2.33. The smallest absolute Gasteiger partial charge is 0.289 e. The molecule has 0 aromatic carbocycles. The minimum absolute atomic E-state index is 0.0525. The van der Waals surface area contributed by atoms with Gasteiger partial charge in [-0.1, -0.05) is 6.92 Å². The van der Waals surface area contributed by atoms with E-state index in [2.05, 4.69) is 6.92 Å². The van der Waals surface area contributed by atoms with Crippen LogP contribution in [0, 0.1) is 5.41 Å². The number of piperidine rings is 1. The number of hydrogen-bond donors (Lipinski definition) is 1. The van der Waals surface area contributed by atoms with Crippen LogP contribution in [0.4, 0.5) is 0 Å². The minimum Gasteiger partial charge on any atom is -0.455 e. The van der Waals surface area contributed by atoms with E-state index in [9.17, 15) is 9.90 Å². The van der Waals surface area contributed by atoms with Gasteiger partial charge in [-0.2, -0.15) is 11.8 Å². The van der Waals surface area contributed by atoms with Gasteiger partial charge in [0.25, 0.3) is 5.91 Å². The average Bonchev–Trinajstić information content (AvgIpc) is 2.95. The summed E-state index contributed by atoms with van der Waals surface area (Å²) in [5.74, 6) is 1.98. The summed E-state index contributed by atoms with van der Waals surface area (Å²) in [6.07, 6.45) is 4.83. The van der Waals surface area contributed by atoms with Crippen LogP contribution in [0.25, 0.3) is 0 Å². The van der Waals surface area contributed by atoms with Crippen LogP contribution in [0.15, 0.2) is 16.5 Å². The summed E-state index contributed by atoms with van der Waals surface area (Å²) < 4.78 is 5.60. The molecule has 1 aliphatic heterocycles. The number of amides is 1. The lowest BCUT2D eigenvalue weighted by molar-refractivity contribution is 0.0232. The molecular formula is C15H23NO3S. The topological polar surface area (TPSA) is 53.7 Å². The lowest BCUT2D eigenvalue weighted by Gasteiger charge is -2.41. The first-order valence-electron chi connectivity index (χ1n) is 7.12. The number of likely N-dealkylation sites (tertiary alicyclic amines) is 1. The fraction of sp³-hybridized carbons (Fsp3) is 0.667. The molecule has 2 heterocycles. The van der Waals surface area contributed by atoms with Gasteiger partial charge in [-0.25, -0.2) is 0 Å². The second kappa shape index (κ2) is 6.68. The highest BCUT2D eigenvalue weighted by molar-refractivity contribution is 7.97. The predicted octanol–water partition coefficient (Wildman–Crippen LogP) is 2.77. The van der Waals surface area contributed by atoms with Gasteiger partial charge in [-0.3, -0.25) is 4.79 Å². The molecule has 1 atom stereocenters. The van der Waals surface area contributed by atoms with Crippen LogP contribution in [0.2, 0.25) is 0 Å². The molecule has 2 rings (SSSR count). The number of carbonyl (C=O) groups excluding carboxylic acids is 1. The highest BCUT2D eigenvalue weighted by Gasteiger charge is 2.36. The standard InChI is InChI=1S/C15H23NO3S/c1-3-15(11-17)7-4-8-16(10-15)14(18)13-6-5-12(19-13)9-20-2/h5-6,17H,3-4,7-11H2,1-2H3/t15-/m1/s1. The molecule has 1 N–H and O–H groups in total. The lowest BCUT2D eigenvalue weighted by atomic mass is 9.78. The van der Waals surface area contributed by atoms with Crippen molar-refractivity contribution >= 4 is 17.7 Å². The van der Waals surface area contributed by atoms with Crippen LogP contribution >= 0.6 is 11.8 Å².